The van der Waals surface area contributed by atoms with Crippen LogP contribution in [0, 0.1) is 0 Å². The number of hydrogen-bond donors (Lipinski definition) is 7. The molecule has 0 unspecified atom stereocenters. The Morgan fingerprint density at radius 3 is 2.48 bits per heavy atom. The van der Waals surface area contributed by atoms with E-state index in [1.54, 1.807) is 4.90 Å². The summed E-state index contributed by atoms with van der Waals surface area (Å²) in [4.78, 5) is 57.1. The van der Waals surface area contributed by atoms with Gasteiger partial charge in [-0.15, -0.1) is 0 Å². The fourth-order valence-electron chi connectivity index (χ4n) is 2.35. The van der Waals surface area contributed by atoms with Gasteiger partial charge >= 0.3 is 15.2 Å². The summed E-state index contributed by atoms with van der Waals surface area (Å²) in [6, 6.07) is 0. The summed E-state index contributed by atoms with van der Waals surface area (Å²) >= 11 is 0. The summed E-state index contributed by atoms with van der Waals surface area (Å²) in [5, 5.41) is 2.84. The summed E-state index contributed by atoms with van der Waals surface area (Å²) in [5.74, 6) is 0.249. The molecule has 25 heavy (non-hydrogen) atoms. The second kappa shape index (κ2) is 7.42. The van der Waals surface area contributed by atoms with Crippen molar-refractivity contribution in [3.05, 3.63) is 10.4 Å². The van der Waals surface area contributed by atoms with Gasteiger partial charge in [0.2, 0.25) is 5.95 Å². The summed E-state index contributed by atoms with van der Waals surface area (Å²) in [6.07, 6.45) is -1.15. The Bertz CT molecular complexity index is 774. The number of anilines is 3. The Kier molecular flexibility index (Phi) is 5.89. The molecule has 2 heterocycles. The Balaban J connectivity index is 2.05. The highest BCUT2D eigenvalue weighted by atomic mass is 31.2. The van der Waals surface area contributed by atoms with Gasteiger partial charge in [-0.2, -0.15) is 4.98 Å². The first-order valence-electron chi connectivity index (χ1n) is 7.15. The lowest BCUT2D eigenvalue weighted by Crippen LogP contribution is -2.37. The smallest absolute Gasteiger partial charge is 0.339 e. The van der Waals surface area contributed by atoms with Gasteiger partial charge in [0.1, 0.15) is 12.0 Å². The number of rotatable bonds is 8. The van der Waals surface area contributed by atoms with Gasteiger partial charge in [0.15, 0.2) is 5.82 Å². The van der Waals surface area contributed by atoms with E-state index in [1.165, 1.54) is 4.90 Å². The van der Waals surface area contributed by atoms with Crippen molar-refractivity contribution < 1.29 is 28.7 Å². The van der Waals surface area contributed by atoms with E-state index in [2.05, 4.69) is 15.3 Å². The maximum Gasteiger partial charge on any atom is 0.339 e. The van der Waals surface area contributed by atoms with Crippen molar-refractivity contribution in [3.63, 3.8) is 0 Å². The van der Waals surface area contributed by atoms with E-state index in [9.17, 15) is 13.9 Å². The third-order valence-electron chi connectivity index (χ3n) is 3.44. The van der Waals surface area contributed by atoms with Crippen LogP contribution in [0.4, 0.5) is 17.5 Å². The molecule has 0 aliphatic carbocycles. The number of aromatic amines is 1. The van der Waals surface area contributed by atoms with Gasteiger partial charge in [-0.3, -0.25) is 23.8 Å². The van der Waals surface area contributed by atoms with Gasteiger partial charge in [-0.25, -0.2) is 0 Å². The van der Waals surface area contributed by atoms with Crippen LogP contribution in [0.15, 0.2) is 4.79 Å². The molecule has 0 bridgehead atoms. The minimum absolute atomic E-state index is 0.0639. The van der Waals surface area contributed by atoms with Crippen molar-refractivity contribution in [2.75, 3.05) is 54.7 Å². The fourth-order valence-corrected chi connectivity index (χ4v) is 3.70. The monoisotopic (exact) mass is 398 g/mol. The highest BCUT2D eigenvalue weighted by Gasteiger charge is 2.26. The van der Waals surface area contributed by atoms with Gasteiger partial charge in [-0.1, -0.05) is 0 Å². The molecule has 0 amide bonds. The molecule has 15 heteroatoms. The van der Waals surface area contributed by atoms with Gasteiger partial charge in [0, 0.05) is 19.6 Å². The Labute approximate surface area is 142 Å². The van der Waals surface area contributed by atoms with Crippen LogP contribution < -0.4 is 21.5 Å². The zero-order valence-corrected chi connectivity index (χ0v) is 14.9. The topological polar surface area (TPSA) is 205 Å². The maximum absolute atomic E-state index is 11.8. The number of fused-ring (bicyclic) bond motifs is 1. The SMILES string of the molecule is Nc1nc2c(c(=O)[nH]1)NCN2CCN(CCP(=O)(O)O)CP(=O)(O)O. The molecule has 0 spiro atoms. The van der Waals surface area contributed by atoms with Crippen molar-refractivity contribution in [3.8, 4) is 0 Å². The molecule has 13 nitrogen and oxygen atoms in total. The number of nitrogens with zero attached hydrogens (tertiary/aromatic N) is 3. The summed E-state index contributed by atoms with van der Waals surface area (Å²) in [5.41, 5.74) is 5.32. The van der Waals surface area contributed by atoms with E-state index in [0.29, 0.717) is 5.82 Å². The second-order valence-electron chi connectivity index (χ2n) is 5.56. The van der Waals surface area contributed by atoms with E-state index >= 15 is 0 Å². The van der Waals surface area contributed by atoms with Crippen molar-refractivity contribution in [1.82, 2.24) is 14.9 Å². The van der Waals surface area contributed by atoms with Gasteiger partial charge in [0.05, 0.1) is 12.8 Å². The summed E-state index contributed by atoms with van der Waals surface area (Å²) < 4.78 is 22.2. The highest BCUT2D eigenvalue weighted by molar-refractivity contribution is 7.52. The lowest BCUT2D eigenvalue weighted by atomic mass is 10.4. The quantitative estimate of drug-likeness (QED) is 0.241. The van der Waals surface area contributed by atoms with Crippen molar-refractivity contribution in [2.24, 2.45) is 0 Å². The van der Waals surface area contributed by atoms with Crippen LogP contribution in [-0.4, -0.2) is 73.2 Å². The predicted octanol–water partition coefficient (Wildman–Crippen LogP) is -1.84. The Morgan fingerprint density at radius 1 is 1.20 bits per heavy atom. The van der Waals surface area contributed by atoms with Crippen LogP contribution in [0.25, 0.3) is 0 Å². The summed E-state index contributed by atoms with van der Waals surface area (Å²) in [7, 11) is -8.69. The molecule has 142 valence electrons. The predicted molar refractivity (Wildman–Crippen MR) is 90.5 cm³/mol. The number of hydrogen-bond acceptors (Lipinski definition) is 8. The van der Waals surface area contributed by atoms with Crippen LogP contribution >= 0.6 is 15.2 Å². The van der Waals surface area contributed by atoms with Gasteiger partial charge < -0.3 is 35.5 Å². The zero-order chi connectivity index (χ0) is 18.8. The average Bonchev–Trinajstić information content (AvgIpc) is 2.83. The average molecular weight is 398 g/mol. The first-order chi connectivity index (χ1) is 11.4. The van der Waals surface area contributed by atoms with Crippen molar-refractivity contribution >= 4 is 32.6 Å². The number of aromatic nitrogens is 2. The third-order valence-corrected chi connectivity index (χ3v) is 4.99. The van der Waals surface area contributed by atoms with E-state index in [4.69, 9.17) is 25.3 Å². The molecule has 1 aliphatic rings. The minimum atomic E-state index is -4.40. The molecular formula is C10H20N6O7P2. The lowest BCUT2D eigenvalue weighted by Gasteiger charge is -2.26. The van der Waals surface area contributed by atoms with Crippen molar-refractivity contribution in [1.29, 1.82) is 0 Å². The largest absolute Gasteiger partial charge is 0.369 e. The molecule has 2 rings (SSSR count). The first-order valence-corrected chi connectivity index (χ1v) is 10.7. The van der Waals surface area contributed by atoms with Crippen LogP contribution in [0.2, 0.25) is 0 Å². The number of nitrogens with one attached hydrogen (secondary N) is 2. The first kappa shape index (κ1) is 19.9. The van der Waals surface area contributed by atoms with E-state index in [-0.39, 0.29) is 37.9 Å². The Morgan fingerprint density at radius 2 is 1.88 bits per heavy atom. The van der Waals surface area contributed by atoms with Gasteiger partial charge in [0.25, 0.3) is 5.56 Å². The molecule has 0 aromatic carbocycles. The number of nitrogens with two attached hydrogens (primary N) is 1. The number of H-pyrrole nitrogens is 1. The highest BCUT2D eigenvalue weighted by Crippen LogP contribution is 2.37. The standard InChI is InChI=1S/C10H20N6O7P2/c11-10-13-8-7(9(17)14-10)12-5-16(8)2-1-15(6-25(21,22)23)3-4-24(18,19)20/h12H,1-6H2,(H2,18,19,20)(H2,21,22,23)(H3,11,13,14,17). The van der Waals surface area contributed by atoms with Crippen molar-refractivity contribution in [2.45, 2.75) is 0 Å². The fraction of sp³-hybridized carbons (Fsp3) is 0.600. The molecule has 0 saturated heterocycles. The molecule has 0 fully saturated rings. The normalized spacial score (nSPS) is 14.7. The van der Waals surface area contributed by atoms with Gasteiger partial charge in [-0.05, 0) is 0 Å². The van der Waals surface area contributed by atoms with Crippen LogP contribution in [0.1, 0.15) is 0 Å². The van der Waals surface area contributed by atoms with E-state index < -0.39 is 33.2 Å². The summed E-state index contributed by atoms with van der Waals surface area (Å²) in [6.45, 7) is 0.378. The molecular weight excluding hydrogens is 378 g/mol. The zero-order valence-electron chi connectivity index (χ0n) is 13.1. The molecule has 8 N–H and O–H groups in total. The van der Waals surface area contributed by atoms with E-state index in [1.807, 2.05) is 0 Å². The van der Waals surface area contributed by atoms with Crippen LogP contribution in [-0.2, 0) is 9.13 Å². The minimum Gasteiger partial charge on any atom is -0.369 e. The van der Waals surface area contributed by atoms with Crippen LogP contribution in [0.3, 0.4) is 0 Å². The molecule has 1 aromatic rings. The second-order valence-corrected chi connectivity index (χ2v) is 8.95. The number of nitrogen functional groups attached to an aromatic ring is 1. The van der Waals surface area contributed by atoms with E-state index in [0.717, 1.165) is 0 Å². The molecule has 1 aliphatic heterocycles. The third kappa shape index (κ3) is 6.08. The molecule has 0 radical (unpaired) electrons. The van der Waals surface area contributed by atoms with Crippen LogP contribution in [0.5, 0.6) is 0 Å². The maximum atomic E-state index is 11.8. The molecule has 0 saturated carbocycles. The molecule has 1 aromatic heterocycles. The molecule has 0 atom stereocenters. The lowest BCUT2D eigenvalue weighted by molar-refractivity contribution is 0.282. The Hall–Kier alpha value is -1.46.